The van der Waals surface area contributed by atoms with E-state index in [0.717, 1.165) is 16.8 Å². The first-order chi connectivity index (χ1) is 10.6. The van der Waals surface area contributed by atoms with Gasteiger partial charge in [0.15, 0.2) is 5.69 Å². The van der Waals surface area contributed by atoms with Crippen LogP contribution in [0.2, 0.25) is 10.0 Å². The monoisotopic (exact) mass is 399 g/mol. The molecule has 120 valence electrons. The Morgan fingerprint density at radius 2 is 1.78 bits per heavy atom. The van der Waals surface area contributed by atoms with Gasteiger partial charge in [-0.05, 0) is 18.2 Å². The minimum absolute atomic E-state index is 0.00294. The van der Waals surface area contributed by atoms with Gasteiger partial charge in [-0.15, -0.1) is 0 Å². The first-order valence-electron chi connectivity index (χ1n) is 5.72. The number of alkyl halides is 3. The number of nitrogens with zero attached hydrogens (tertiary/aromatic N) is 3. The smallest absolute Gasteiger partial charge is 0.236 e. The molecule has 2 rings (SSSR count). The lowest BCUT2D eigenvalue weighted by Gasteiger charge is -2.12. The van der Waals surface area contributed by atoms with Gasteiger partial charge in [-0.1, -0.05) is 46.4 Å². The molecular weight excluding hydrogens is 397 g/mol. The molecule has 0 radical (unpaired) electrons. The summed E-state index contributed by atoms with van der Waals surface area (Å²) in [5.74, 6) is 0. The van der Waals surface area contributed by atoms with E-state index in [0.29, 0.717) is 0 Å². The quantitative estimate of drug-likeness (QED) is 0.634. The number of aromatic nitrogens is 2. The van der Waals surface area contributed by atoms with Crippen molar-refractivity contribution in [1.29, 1.82) is 5.26 Å². The predicted molar refractivity (Wildman–Crippen MR) is 83.0 cm³/mol. The van der Waals surface area contributed by atoms with Gasteiger partial charge in [-0.25, -0.2) is 4.68 Å². The van der Waals surface area contributed by atoms with E-state index in [-0.39, 0.29) is 31.5 Å². The lowest BCUT2D eigenvalue weighted by molar-refractivity contribution is -0.137. The number of hydrogen-bond donors (Lipinski definition) is 0. The molecule has 0 amide bonds. The van der Waals surface area contributed by atoms with Crippen molar-refractivity contribution in [3.8, 4) is 11.8 Å². The molecular formula is C13H4Cl4F3N3. The highest BCUT2D eigenvalue weighted by molar-refractivity contribution is 6.57. The number of rotatable bonds is 2. The SMILES string of the molecule is N#Cc1nn(-c2c(Cl)cc(C(F)(F)F)cc2Cl)cc1C=C(Cl)Cl. The zero-order chi connectivity index (χ0) is 17.4. The van der Waals surface area contributed by atoms with Crippen LogP contribution in [0.4, 0.5) is 13.2 Å². The van der Waals surface area contributed by atoms with Crippen LogP contribution in [0, 0.1) is 11.3 Å². The van der Waals surface area contributed by atoms with E-state index < -0.39 is 11.7 Å². The topological polar surface area (TPSA) is 41.6 Å². The van der Waals surface area contributed by atoms with Crippen molar-refractivity contribution in [1.82, 2.24) is 9.78 Å². The highest BCUT2D eigenvalue weighted by Crippen LogP contribution is 2.37. The van der Waals surface area contributed by atoms with Crippen molar-refractivity contribution in [3.05, 3.63) is 49.7 Å². The van der Waals surface area contributed by atoms with Gasteiger partial charge in [0.1, 0.15) is 16.2 Å². The van der Waals surface area contributed by atoms with Crippen molar-refractivity contribution in [2.24, 2.45) is 0 Å². The third-order valence-electron chi connectivity index (χ3n) is 2.69. The molecule has 0 aliphatic rings. The van der Waals surface area contributed by atoms with Crippen LogP contribution < -0.4 is 0 Å². The van der Waals surface area contributed by atoms with Gasteiger partial charge >= 0.3 is 6.18 Å². The molecule has 0 atom stereocenters. The maximum atomic E-state index is 12.7. The van der Waals surface area contributed by atoms with Gasteiger partial charge in [-0.3, -0.25) is 0 Å². The van der Waals surface area contributed by atoms with E-state index in [1.165, 1.54) is 12.3 Å². The molecule has 3 nitrogen and oxygen atoms in total. The lowest BCUT2D eigenvalue weighted by Crippen LogP contribution is -2.07. The van der Waals surface area contributed by atoms with Crippen LogP contribution in [0.25, 0.3) is 11.8 Å². The van der Waals surface area contributed by atoms with E-state index in [4.69, 9.17) is 51.7 Å². The lowest BCUT2D eigenvalue weighted by atomic mass is 10.2. The van der Waals surface area contributed by atoms with E-state index >= 15 is 0 Å². The number of hydrogen-bond acceptors (Lipinski definition) is 2. The van der Waals surface area contributed by atoms with Crippen LogP contribution in [-0.4, -0.2) is 9.78 Å². The van der Waals surface area contributed by atoms with Crippen LogP contribution in [0.1, 0.15) is 16.8 Å². The summed E-state index contributed by atoms with van der Waals surface area (Å²) < 4.78 is 39.2. The number of halogens is 7. The summed E-state index contributed by atoms with van der Waals surface area (Å²) in [6.45, 7) is 0. The summed E-state index contributed by atoms with van der Waals surface area (Å²) in [7, 11) is 0. The first-order valence-corrected chi connectivity index (χ1v) is 7.23. The van der Waals surface area contributed by atoms with Gasteiger partial charge in [0.25, 0.3) is 0 Å². The molecule has 0 saturated heterocycles. The van der Waals surface area contributed by atoms with Gasteiger partial charge in [0.2, 0.25) is 0 Å². The Bertz CT molecular complexity index is 807. The highest BCUT2D eigenvalue weighted by atomic mass is 35.5. The second-order valence-electron chi connectivity index (χ2n) is 4.21. The maximum Gasteiger partial charge on any atom is 0.416 e. The van der Waals surface area contributed by atoms with E-state index in [2.05, 4.69) is 5.10 Å². The fourth-order valence-electron chi connectivity index (χ4n) is 1.76. The minimum Gasteiger partial charge on any atom is -0.236 e. The second kappa shape index (κ2) is 6.62. The average Bonchev–Trinajstić information content (AvgIpc) is 2.78. The Morgan fingerprint density at radius 3 is 2.22 bits per heavy atom. The molecule has 23 heavy (non-hydrogen) atoms. The molecule has 0 N–H and O–H groups in total. The standard InChI is InChI=1S/C13H4Cl4F3N3/c14-8-2-7(13(18,19)20)3-9(15)12(8)23-5-6(1-11(16)17)10(4-21)22-23/h1-3,5H. The molecule has 0 saturated carbocycles. The first kappa shape index (κ1) is 18.0. The maximum absolute atomic E-state index is 12.7. The molecule has 0 bridgehead atoms. The summed E-state index contributed by atoms with van der Waals surface area (Å²) in [6, 6.07) is 3.25. The second-order valence-corrected chi connectivity index (χ2v) is 6.03. The van der Waals surface area contributed by atoms with Crippen LogP contribution in [0.15, 0.2) is 22.8 Å². The largest absolute Gasteiger partial charge is 0.416 e. The van der Waals surface area contributed by atoms with E-state index in [1.54, 1.807) is 6.07 Å². The molecule has 0 spiro atoms. The van der Waals surface area contributed by atoms with Crippen molar-refractivity contribution >= 4 is 52.5 Å². The molecule has 0 aliphatic heterocycles. The Hall–Kier alpha value is -1.39. The van der Waals surface area contributed by atoms with Crippen LogP contribution in [-0.2, 0) is 6.18 Å². The number of benzene rings is 1. The Morgan fingerprint density at radius 1 is 1.22 bits per heavy atom. The molecule has 2 aromatic rings. The minimum atomic E-state index is -4.59. The average molecular weight is 401 g/mol. The molecule has 1 heterocycles. The fraction of sp³-hybridized carbons (Fsp3) is 0.0769. The molecule has 0 unspecified atom stereocenters. The molecule has 0 fully saturated rings. The van der Waals surface area contributed by atoms with Crippen molar-refractivity contribution < 1.29 is 13.2 Å². The highest BCUT2D eigenvalue weighted by Gasteiger charge is 2.32. The molecule has 1 aromatic carbocycles. The van der Waals surface area contributed by atoms with Crippen molar-refractivity contribution in [3.63, 3.8) is 0 Å². The predicted octanol–water partition coefficient (Wildman–Crippen LogP) is 5.85. The summed E-state index contributed by atoms with van der Waals surface area (Å²) in [5.41, 5.74) is -0.772. The van der Waals surface area contributed by atoms with Gasteiger partial charge in [0.05, 0.1) is 15.6 Å². The van der Waals surface area contributed by atoms with Gasteiger partial charge in [0, 0.05) is 11.8 Å². The number of nitriles is 1. The zero-order valence-corrected chi connectivity index (χ0v) is 13.8. The van der Waals surface area contributed by atoms with Crippen molar-refractivity contribution in [2.75, 3.05) is 0 Å². The summed E-state index contributed by atoms with van der Waals surface area (Å²) >= 11 is 22.8. The normalized spacial score (nSPS) is 11.2. The summed E-state index contributed by atoms with van der Waals surface area (Å²) in [4.78, 5) is 0. The van der Waals surface area contributed by atoms with Crippen molar-refractivity contribution in [2.45, 2.75) is 6.18 Å². The van der Waals surface area contributed by atoms with Gasteiger partial charge < -0.3 is 0 Å². The van der Waals surface area contributed by atoms with Crippen LogP contribution in [0.3, 0.4) is 0 Å². The fourth-order valence-corrected chi connectivity index (χ4v) is 2.66. The Labute approximate surface area is 148 Å². The van der Waals surface area contributed by atoms with E-state index in [1.807, 2.05) is 0 Å². The van der Waals surface area contributed by atoms with E-state index in [9.17, 15) is 13.2 Å². The Balaban J connectivity index is 2.62. The zero-order valence-electron chi connectivity index (χ0n) is 10.8. The molecule has 0 aliphatic carbocycles. The molecule has 10 heteroatoms. The summed E-state index contributed by atoms with van der Waals surface area (Å²) in [6.07, 6.45) is -2.01. The third kappa shape index (κ3) is 3.93. The summed E-state index contributed by atoms with van der Waals surface area (Å²) in [5, 5.41) is 12.4. The van der Waals surface area contributed by atoms with Crippen LogP contribution in [0.5, 0.6) is 0 Å². The Kier molecular flexibility index (Phi) is 5.17. The third-order valence-corrected chi connectivity index (χ3v) is 3.48. The molecule has 1 aromatic heterocycles. The van der Waals surface area contributed by atoms with Crippen LogP contribution >= 0.6 is 46.4 Å². The van der Waals surface area contributed by atoms with Gasteiger partial charge in [-0.2, -0.15) is 23.5 Å².